The van der Waals surface area contributed by atoms with Crippen molar-refractivity contribution in [2.45, 2.75) is 70.1 Å². The molecule has 15 N–H and O–H groups in total. The van der Waals surface area contributed by atoms with Gasteiger partial charge in [0.2, 0.25) is 47.3 Å². The minimum atomic E-state index is -1.41. The molecule has 0 spiro atoms. The Bertz CT molecular complexity index is 2090. The topological polar surface area (TPSA) is 397 Å². The van der Waals surface area contributed by atoms with Crippen LogP contribution in [-0.4, -0.2) is 203 Å². The molecular formula is C43H58I6N8O17. The van der Waals surface area contributed by atoms with Crippen molar-refractivity contribution in [3.63, 3.8) is 0 Å². The van der Waals surface area contributed by atoms with Crippen LogP contribution in [0.4, 0.5) is 11.4 Å². The molecule has 0 heterocycles. The van der Waals surface area contributed by atoms with Gasteiger partial charge in [-0.2, -0.15) is 0 Å². The summed E-state index contributed by atoms with van der Waals surface area (Å²) in [7, 11) is 0. The van der Waals surface area contributed by atoms with Crippen LogP contribution < -0.4 is 41.7 Å². The van der Waals surface area contributed by atoms with Crippen LogP contribution in [0.2, 0.25) is 0 Å². The summed E-state index contributed by atoms with van der Waals surface area (Å²) < 4.78 is 2.39. The van der Waals surface area contributed by atoms with Crippen LogP contribution in [0.3, 0.4) is 0 Å². The Balaban J connectivity index is 2.38. The second-order valence-electron chi connectivity index (χ2n) is 16.2. The number of nitrogens with zero attached hydrogens (tertiary/aromatic N) is 2. The fourth-order valence-electron chi connectivity index (χ4n) is 6.32. The Hall–Kier alpha value is -1.78. The molecule has 2 aromatic rings. The van der Waals surface area contributed by atoms with E-state index in [-0.39, 0.29) is 63.2 Å². The number of aliphatic hydroxyl groups is 9. The van der Waals surface area contributed by atoms with Crippen LogP contribution in [-0.2, 0) is 64.0 Å². The van der Waals surface area contributed by atoms with Crippen LogP contribution >= 0.6 is 136 Å². The lowest BCUT2D eigenvalue weighted by Crippen LogP contribution is -2.47. The number of aliphatic hydroxyl groups excluding tert-OH is 9. The van der Waals surface area contributed by atoms with Gasteiger partial charge in [0, 0.05) is 74.5 Å². The average Bonchev–Trinajstić information content (AvgIpc) is 3.36. The summed E-state index contributed by atoms with van der Waals surface area (Å²) in [6, 6.07) is 0. The van der Waals surface area contributed by atoms with Crippen LogP contribution in [0.5, 0.6) is 0 Å². The van der Waals surface area contributed by atoms with Crippen LogP contribution in [0.25, 0.3) is 0 Å². The molecule has 8 amide bonds. The van der Waals surface area contributed by atoms with Crippen LogP contribution in [0, 0.1) is 21.4 Å². The summed E-state index contributed by atoms with van der Waals surface area (Å²) in [6.07, 6.45) is -7.58. The number of carbonyl (C=O) groups excluding carboxylic acids is 8. The van der Waals surface area contributed by atoms with E-state index in [0.29, 0.717) is 43.7 Å². The normalized spacial score (nSPS) is 13.1. The van der Waals surface area contributed by atoms with Crippen molar-refractivity contribution in [2.24, 2.45) is 0 Å². The molecule has 2 aromatic carbocycles. The Morgan fingerprint density at radius 3 is 0.770 bits per heavy atom. The first-order valence-corrected chi connectivity index (χ1v) is 28.6. The smallest absolute Gasteiger partial charge is 0.240 e. The monoisotopic (exact) mass is 1720 g/mol. The SMILES string of the molecule is CC(=O)N(CC(=O)NCC(O)CNC(=O)CN(C(C)=O)c1c(I)c(CC(=O)NCC(O)CO)c(I)c(CC(=O)NCC(O)CO)c1I)c1c(I)c(CC(=O)NCC(O)CO)c(I)c(CC(=O)NCC(O)CO)c1I. The maximum Gasteiger partial charge on any atom is 0.240 e. The van der Waals surface area contributed by atoms with E-state index in [1.807, 2.05) is 136 Å². The number of nitrogens with one attached hydrogen (secondary N) is 6. The molecule has 4 atom stereocenters. The maximum atomic E-state index is 13.5. The summed E-state index contributed by atoms with van der Waals surface area (Å²) >= 11 is 11.5. The number of benzene rings is 2. The molecule has 25 nitrogen and oxygen atoms in total. The lowest BCUT2D eigenvalue weighted by molar-refractivity contribution is -0.124. The lowest BCUT2D eigenvalue weighted by Gasteiger charge is -2.28. The number of anilines is 2. The fraction of sp³-hybridized carbons (Fsp3) is 0.535. The van der Waals surface area contributed by atoms with E-state index in [2.05, 4.69) is 31.9 Å². The van der Waals surface area contributed by atoms with Gasteiger partial charge in [-0.1, -0.05) is 0 Å². The van der Waals surface area contributed by atoms with Gasteiger partial charge < -0.3 is 87.7 Å². The summed E-state index contributed by atoms with van der Waals surface area (Å²) in [5.41, 5.74) is 1.80. The van der Waals surface area contributed by atoms with Crippen LogP contribution in [0.15, 0.2) is 0 Å². The van der Waals surface area contributed by atoms with E-state index in [0.717, 1.165) is 9.80 Å². The van der Waals surface area contributed by atoms with Gasteiger partial charge in [-0.15, -0.1) is 0 Å². The van der Waals surface area contributed by atoms with Crippen LogP contribution in [0.1, 0.15) is 36.1 Å². The van der Waals surface area contributed by atoms with Crippen molar-refractivity contribution >= 4 is 194 Å². The van der Waals surface area contributed by atoms with E-state index in [1.165, 1.54) is 13.8 Å². The number of halogens is 6. The fourth-order valence-corrected chi connectivity index (χ4v) is 15.3. The molecule has 0 aliphatic rings. The van der Waals surface area contributed by atoms with E-state index in [9.17, 15) is 84.3 Å². The van der Waals surface area contributed by atoms with Gasteiger partial charge in [0.25, 0.3) is 0 Å². The Kier molecular flexibility index (Phi) is 31.6. The van der Waals surface area contributed by atoms with Gasteiger partial charge in [0.1, 0.15) is 13.1 Å². The quantitative estimate of drug-likeness (QED) is 0.0336. The summed E-state index contributed by atoms with van der Waals surface area (Å²) in [4.78, 5) is 108. The summed E-state index contributed by atoms with van der Waals surface area (Å²) in [5, 5.41) is 102. The number of rotatable bonds is 30. The van der Waals surface area contributed by atoms with Gasteiger partial charge in [-0.05, 0) is 158 Å². The molecule has 0 aliphatic carbocycles. The van der Waals surface area contributed by atoms with Gasteiger partial charge in [0.05, 0.1) is 94.0 Å². The predicted octanol–water partition coefficient (Wildman–Crippen LogP) is -3.64. The molecule has 0 fully saturated rings. The molecule has 0 saturated heterocycles. The van der Waals surface area contributed by atoms with E-state index >= 15 is 0 Å². The molecule has 4 unspecified atom stereocenters. The van der Waals surface area contributed by atoms with Gasteiger partial charge in [-0.3, -0.25) is 38.4 Å². The number of hydrogen-bond donors (Lipinski definition) is 15. The molecule has 2 rings (SSSR count). The highest BCUT2D eigenvalue weighted by molar-refractivity contribution is 14.1. The molecular weight excluding hydrogens is 1660 g/mol. The van der Waals surface area contributed by atoms with Crippen molar-refractivity contribution in [1.29, 1.82) is 0 Å². The highest BCUT2D eigenvalue weighted by atomic mass is 127. The molecule has 0 saturated carbocycles. The Labute approximate surface area is 507 Å². The molecule has 0 aliphatic heterocycles. The third-order valence-electron chi connectivity index (χ3n) is 10.3. The van der Waals surface area contributed by atoms with Crippen molar-refractivity contribution in [2.75, 3.05) is 88.6 Å². The van der Waals surface area contributed by atoms with Gasteiger partial charge >= 0.3 is 0 Å². The van der Waals surface area contributed by atoms with E-state index in [1.54, 1.807) is 0 Å². The highest BCUT2D eigenvalue weighted by Crippen LogP contribution is 2.40. The van der Waals surface area contributed by atoms with Crippen molar-refractivity contribution in [3.05, 3.63) is 43.7 Å². The van der Waals surface area contributed by atoms with Gasteiger partial charge in [-0.25, -0.2) is 0 Å². The summed E-state index contributed by atoms with van der Waals surface area (Å²) in [5.74, 6) is -5.06. The first-order chi connectivity index (χ1) is 34.7. The van der Waals surface area contributed by atoms with Crippen molar-refractivity contribution < 1.29 is 84.3 Å². The molecule has 31 heteroatoms. The van der Waals surface area contributed by atoms with Crippen molar-refractivity contribution in [1.82, 2.24) is 31.9 Å². The van der Waals surface area contributed by atoms with Gasteiger partial charge in [0.15, 0.2) is 0 Å². The predicted molar refractivity (Wildman–Crippen MR) is 316 cm³/mol. The first-order valence-electron chi connectivity index (χ1n) is 22.1. The zero-order valence-electron chi connectivity index (χ0n) is 39.7. The molecule has 0 bridgehead atoms. The van der Waals surface area contributed by atoms with E-state index in [4.69, 9.17) is 0 Å². The number of carbonyl (C=O) groups is 8. The number of amides is 8. The maximum absolute atomic E-state index is 13.5. The molecule has 0 radical (unpaired) electrons. The molecule has 74 heavy (non-hydrogen) atoms. The van der Waals surface area contributed by atoms with Crippen molar-refractivity contribution in [3.8, 4) is 0 Å². The average molecular weight is 1720 g/mol. The second-order valence-corrected chi connectivity index (χ2v) is 22.7. The minimum absolute atomic E-state index is 0.174. The second kappa shape index (κ2) is 34.3. The largest absolute Gasteiger partial charge is 0.394 e. The highest BCUT2D eigenvalue weighted by Gasteiger charge is 2.31. The standard InChI is InChI=1S/C43H58I6N8O17/c1-19(62)56(42-38(46)26(3-30(69)50-9-22(65)15-58)36(44)27(39(42)47)4-31(70)51-10-23(66)16-59)13-34(73)54-7-21(64)8-55-35(74)14-57(20(2)63)43-40(48)28(5-32(71)52-11-24(67)17-60)37(45)29(41(43)49)6-33(72)53-12-25(68)18-61/h21-25,58-61,64-68H,3-18H2,1-2H3,(H,50,69)(H,51,70)(H,52,71)(H,53,72)(H,54,73)(H,55,74). The summed E-state index contributed by atoms with van der Waals surface area (Å²) in [6.45, 7) is -3.23. The minimum Gasteiger partial charge on any atom is -0.394 e. The first kappa shape index (κ1) is 68.3. The number of hydrogen-bond acceptors (Lipinski definition) is 17. The Morgan fingerprint density at radius 2 is 0.568 bits per heavy atom. The lowest BCUT2D eigenvalue weighted by atomic mass is 10.0. The molecule has 414 valence electrons. The zero-order valence-corrected chi connectivity index (χ0v) is 52.6. The Morgan fingerprint density at radius 1 is 0.365 bits per heavy atom. The zero-order chi connectivity index (χ0) is 56.1. The van der Waals surface area contributed by atoms with E-state index < -0.39 is 130 Å². The molecule has 0 aromatic heterocycles. The third kappa shape index (κ3) is 21.8. The third-order valence-corrected chi connectivity index (χ3v) is 17.5.